The summed E-state index contributed by atoms with van der Waals surface area (Å²) in [6.07, 6.45) is 6.72. The highest BCUT2D eigenvalue weighted by atomic mass is 15.1. The molecule has 17 heavy (non-hydrogen) atoms. The lowest BCUT2D eigenvalue weighted by molar-refractivity contribution is 0.961. The quantitative estimate of drug-likeness (QED) is 0.723. The molecule has 0 saturated carbocycles. The SMILES string of the molecule is C=CCN(CC=C)c1c[c]nc2ccccc12. The maximum Gasteiger partial charge on any atom is 0.0915 e. The second kappa shape index (κ2) is 5.30. The zero-order chi connectivity index (χ0) is 12.1. The highest BCUT2D eigenvalue weighted by molar-refractivity contribution is 5.91. The van der Waals surface area contributed by atoms with E-state index in [1.165, 1.54) is 0 Å². The molecule has 85 valence electrons. The van der Waals surface area contributed by atoms with Crippen LogP contribution in [0.1, 0.15) is 0 Å². The van der Waals surface area contributed by atoms with Crippen LogP contribution in [0.25, 0.3) is 10.9 Å². The average molecular weight is 223 g/mol. The Morgan fingerprint density at radius 3 is 2.59 bits per heavy atom. The van der Waals surface area contributed by atoms with Crippen molar-refractivity contribution in [3.63, 3.8) is 0 Å². The van der Waals surface area contributed by atoms with E-state index in [-0.39, 0.29) is 0 Å². The molecule has 0 spiro atoms. The number of hydrogen-bond acceptors (Lipinski definition) is 2. The Kier molecular flexibility index (Phi) is 3.55. The van der Waals surface area contributed by atoms with Gasteiger partial charge in [0.25, 0.3) is 0 Å². The van der Waals surface area contributed by atoms with E-state index in [1.54, 1.807) is 0 Å². The van der Waals surface area contributed by atoms with E-state index >= 15 is 0 Å². The van der Waals surface area contributed by atoms with Crippen molar-refractivity contribution >= 4 is 16.6 Å². The Hall–Kier alpha value is -2.09. The maximum absolute atomic E-state index is 4.24. The predicted octanol–water partition coefficient (Wildman–Crippen LogP) is 3.21. The van der Waals surface area contributed by atoms with Crippen molar-refractivity contribution in [3.05, 3.63) is 61.8 Å². The number of hydrogen-bond donors (Lipinski definition) is 0. The summed E-state index contributed by atoms with van der Waals surface area (Å²) in [6, 6.07) is 9.99. The molecule has 1 heterocycles. The monoisotopic (exact) mass is 223 g/mol. The van der Waals surface area contributed by atoms with Crippen LogP contribution < -0.4 is 4.90 Å². The van der Waals surface area contributed by atoms with Crippen molar-refractivity contribution in [2.45, 2.75) is 0 Å². The van der Waals surface area contributed by atoms with Crippen LogP contribution in [0, 0.1) is 6.20 Å². The lowest BCUT2D eigenvalue weighted by Crippen LogP contribution is -2.23. The molecule has 0 unspecified atom stereocenters. The third kappa shape index (κ3) is 2.36. The summed E-state index contributed by atoms with van der Waals surface area (Å²) >= 11 is 0. The molecule has 2 rings (SSSR count). The number of anilines is 1. The zero-order valence-electron chi connectivity index (χ0n) is 9.76. The number of nitrogens with zero attached hydrogens (tertiary/aromatic N) is 2. The number of benzene rings is 1. The van der Waals surface area contributed by atoms with Gasteiger partial charge in [0.2, 0.25) is 0 Å². The fourth-order valence-corrected chi connectivity index (χ4v) is 1.87. The van der Waals surface area contributed by atoms with Gasteiger partial charge in [0.05, 0.1) is 11.7 Å². The van der Waals surface area contributed by atoms with Crippen LogP contribution in [0.2, 0.25) is 0 Å². The molecular weight excluding hydrogens is 208 g/mol. The normalized spacial score (nSPS) is 10.1. The molecule has 2 heteroatoms. The minimum absolute atomic E-state index is 0.786. The van der Waals surface area contributed by atoms with Crippen molar-refractivity contribution in [2.75, 3.05) is 18.0 Å². The Balaban J connectivity index is 2.51. The van der Waals surface area contributed by atoms with Crippen LogP contribution in [0.15, 0.2) is 55.6 Å². The molecule has 0 atom stereocenters. The average Bonchev–Trinajstić information content (AvgIpc) is 2.38. The van der Waals surface area contributed by atoms with Crippen molar-refractivity contribution in [2.24, 2.45) is 0 Å². The van der Waals surface area contributed by atoms with Gasteiger partial charge in [-0.1, -0.05) is 30.4 Å². The zero-order valence-corrected chi connectivity index (χ0v) is 9.76. The second-order valence-electron chi connectivity index (χ2n) is 3.77. The molecule has 0 fully saturated rings. The number of pyridine rings is 1. The van der Waals surface area contributed by atoms with Gasteiger partial charge in [-0.15, -0.1) is 13.2 Å². The molecule has 0 amide bonds. The summed E-state index contributed by atoms with van der Waals surface area (Å²) in [5.74, 6) is 0. The summed E-state index contributed by atoms with van der Waals surface area (Å²) in [6.45, 7) is 9.14. The molecular formula is C15H15N2. The molecule has 0 bridgehead atoms. The Morgan fingerprint density at radius 2 is 1.88 bits per heavy atom. The summed E-state index contributed by atoms with van der Waals surface area (Å²) in [7, 11) is 0. The maximum atomic E-state index is 4.24. The number of para-hydroxylation sites is 1. The molecule has 2 nitrogen and oxygen atoms in total. The van der Waals surface area contributed by atoms with Gasteiger partial charge in [0.15, 0.2) is 0 Å². The van der Waals surface area contributed by atoms with Gasteiger partial charge in [-0.25, -0.2) is 4.98 Å². The topological polar surface area (TPSA) is 16.1 Å². The predicted molar refractivity (Wildman–Crippen MR) is 73.2 cm³/mol. The van der Waals surface area contributed by atoms with E-state index in [9.17, 15) is 0 Å². The van der Waals surface area contributed by atoms with Crippen LogP contribution >= 0.6 is 0 Å². The van der Waals surface area contributed by atoms with Crippen LogP contribution in [0.5, 0.6) is 0 Å². The number of fused-ring (bicyclic) bond motifs is 1. The van der Waals surface area contributed by atoms with Crippen molar-refractivity contribution < 1.29 is 0 Å². The van der Waals surface area contributed by atoms with Crippen molar-refractivity contribution in [3.8, 4) is 0 Å². The van der Waals surface area contributed by atoms with Gasteiger partial charge in [-0.05, 0) is 12.1 Å². The molecule has 0 aliphatic carbocycles. The number of aromatic nitrogens is 1. The standard InChI is InChI=1S/C15H15N2/c1-3-11-17(12-4-2)15-9-10-16-14-8-6-5-7-13(14)15/h3-9H,1-2,11-12H2. The lowest BCUT2D eigenvalue weighted by atomic mass is 10.1. The fraction of sp³-hybridized carbons (Fsp3) is 0.133. The minimum Gasteiger partial charge on any atom is -0.363 e. The highest BCUT2D eigenvalue weighted by Crippen LogP contribution is 2.24. The molecule has 2 aromatic rings. The van der Waals surface area contributed by atoms with Gasteiger partial charge in [0.1, 0.15) is 0 Å². The molecule has 1 aromatic carbocycles. The van der Waals surface area contributed by atoms with E-state index in [0.29, 0.717) is 0 Å². The molecule has 0 saturated heterocycles. The second-order valence-corrected chi connectivity index (χ2v) is 3.77. The van der Waals surface area contributed by atoms with E-state index in [4.69, 9.17) is 0 Å². The third-order valence-electron chi connectivity index (χ3n) is 2.61. The smallest absolute Gasteiger partial charge is 0.0915 e. The van der Waals surface area contributed by atoms with E-state index in [1.807, 2.05) is 36.4 Å². The third-order valence-corrected chi connectivity index (χ3v) is 2.61. The Bertz CT molecular complexity index is 516. The molecule has 0 aliphatic rings. The summed E-state index contributed by atoms with van der Waals surface area (Å²) in [4.78, 5) is 6.44. The first kappa shape index (κ1) is 11.4. The van der Waals surface area contributed by atoms with E-state index in [2.05, 4.69) is 35.3 Å². The molecule has 1 radical (unpaired) electrons. The first-order valence-corrected chi connectivity index (χ1v) is 5.59. The van der Waals surface area contributed by atoms with E-state index in [0.717, 1.165) is 29.7 Å². The van der Waals surface area contributed by atoms with Gasteiger partial charge in [-0.3, -0.25) is 0 Å². The largest absolute Gasteiger partial charge is 0.363 e. The molecule has 0 aliphatic heterocycles. The summed E-state index contributed by atoms with van der Waals surface area (Å²) < 4.78 is 0. The minimum atomic E-state index is 0.786. The first-order chi connectivity index (χ1) is 8.36. The molecule has 1 aromatic heterocycles. The van der Waals surface area contributed by atoms with E-state index < -0.39 is 0 Å². The van der Waals surface area contributed by atoms with Crippen LogP contribution in [0.3, 0.4) is 0 Å². The Labute approximate surface area is 102 Å². The van der Waals surface area contributed by atoms with Gasteiger partial charge >= 0.3 is 0 Å². The first-order valence-electron chi connectivity index (χ1n) is 5.59. The van der Waals surface area contributed by atoms with Crippen LogP contribution in [-0.4, -0.2) is 18.1 Å². The lowest BCUT2D eigenvalue weighted by Gasteiger charge is -2.22. The Morgan fingerprint density at radius 1 is 1.18 bits per heavy atom. The number of rotatable bonds is 5. The summed E-state index contributed by atoms with van der Waals surface area (Å²) in [5.41, 5.74) is 2.08. The van der Waals surface area contributed by atoms with Gasteiger partial charge in [-0.2, -0.15) is 0 Å². The summed E-state index contributed by atoms with van der Waals surface area (Å²) in [5, 5.41) is 1.13. The highest BCUT2D eigenvalue weighted by Gasteiger charge is 2.07. The van der Waals surface area contributed by atoms with Crippen LogP contribution in [-0.2, 0) is 0 Å². The van der Waals surface area contributed by atoms with Crippen molar-refractivity contribution in [1.82, 2.24) is 4.98 Å². The van der Waals surface area contributed by atoms with Crippen LogP contribution in [0.4, 0.5) is 5.69 Å². The fourth-order valence-electron chi connectivity index (χ4n) is 1.87. The van der Waals surface area contributed by atoms with Gasteiger partial charge in [0, 0.05) is 24.2 Å². The van der Waals surface area contributed by atoms with Gasteiger partial charge < -0.3 is 4.90 Å². The van der Waals surface area contributed by atoms with Crippen molar-refractivity contribution in [1.29, 1.82) is 0 Å². The molecule has 0 N–H and O–H groups in total.